The van der Waals surface area contributed by atoms with E-state index in [0.29, 0.717) is 13.2 Å². The van der Waals surface area contributed by atoms with Gasteiger partial charge in [-0.2, -0.15) is 13.2 Å². The zero-order chi connectivity index (χ0) is 12.5. The normalized spacial score (nSPS) is 18.4. The SMILES string of the molecule is FC(F)(F)c1ccc(C2CCOCC2)c(Cl)c1. The lowest BCUT2D eigenvalue weighted by Crippen LogP contribution is -2.15. The van der Waals surface area contributed by atoms with Gasteiger partial charge in [0.15, 0.2) is 0 Å². The molecule has 2 rings (SSSR count). The summed E-state index contributed by atoms with van der Waals surface area (Å²) in [5, 5.41) is 0.201. The molecule has 0 radical (unpaired) electrons. The van der Waals surface area contributed by atoms with Crippen LogP contribution >= 0.6 is 11.6 Å². The van der Waals surface area contributed by atoms with E-state index in [4.69, 9.17) is 16.3 Å². The molecule has 94 valence electrons. The standard InChI is InChI=1S/C12H12ClF3O/c13-11-7-9(12(14,15)16)1-2-10(11)8-3-5-17-6-4-8/h1-2,7-8H,3-6H2. The van der Waals surface area contributed by atoms with Gasteiger partial charge in [-0.05, 0) is 36.5 Å². The zero-order valence-corrected chi connectivity index (χ0v) is 9.81. The van der Waals surface area contributed by atoms with Crippen molar-refractivity contribution < 1.29 is 17.9 Å². The molecule has 0 aliphatic carbocycles. The molecule has 0 atom stereocenters. The maximum Gasteiger partial charge on any atom is 0.416 e. The summed E-state index contributed by atoms with van der Waals surface area (Å²) in [6.07, 6.45) is -2.71. The van der Waals surface area contributed by atoms with Crippen molar-refractivity contribution >= 4 is 11.6 Å². The molecule has 0 amide bonds. The highest BCUT2D eigenvalue weighted by atomic mass is 35.5. The first-order valence-corrected chi connectivity index (χ1v) is 5.80. The number of rotatable bonds is 1. The first-order chi connectivity index (χ1) is 7.98. The number of ether oxygens (including phenoxy) is 1. The highest BCUT2D eigenvalue weighted by Gasteiger charge is 2.31. The van der Waals surface area contributed by atoms with Crippen LogP contribution in [0.5, 0.6) is 0 Å². The number of hydrogen-bond donors (Lipinski definition) is 0. The zero-order valence-electron chi connectivity index (χ0n) is 9.06. The van der Waals surface area contributed by atoms with Gasteiger partial charge in [0.25, 0.3) is 0 Å². The Hall–Kier alpha value is -0.740. The Morgan fingerprint density at radius 3 is 2.35 bits per heavy atom. The van der Waals surface area contributed by atoms with Crippen LogP contribution in [-0.4, -0.2) is 13.2 Å². The lowest BCUT2D eigenvalue weighted by molar-refractivity contribution is -0.137. The summed E-state index contributed by atoms with van der Waals surface area (Å²) in [6.45, 7) is 1.28. The van der Waals surface area contributed by atoms with Crippen molar-refractivity contribution in [3.63, 3.8) is 0 Å². The van der Waals surface area contributed by atoms with Crippen molar-refractivity contribution in [1.29, 1.82) is 0 Å². The molecule has 1 saturated heterocycles. The third kappa shape index (κ3) is 2.93. The van der Waals surface area contributed by atoms with Gasteiger partial charge >= 0.3 is 6.18 Å². The molecule has 0 aromatic heterocycles. The third-order valence-electron chi connectivity index (χ3n) is 2.99. The molecule has 1 aromatic rings. The van der Waals surface area contributed by atoms with Crippen molar-refractivity contribution in [2.24, 2.45) is 0 Å². The molecule has 1 nitrogen and oxygen atoms in total. The van der Waals surface area contributed by atoms with Crippen LogP contribution in [-0.2, 0) is 10.9 Å². The Kier molecular flexibility index (Phi) is 3.64. The smallest absolute Gasteiger partial charge is 0.381 e. The van der Waals surface area contributed by atoms with Gasteiger partial charge in [-0.3, -0.25) is 0 Å². The van der Waals surface area contributed by atoms with Crippen LogP contribution in [0.1, 0.15) is 29.9 Å². The molecule has 1 heterocycles. The Morgan fingerprint density at radius 2 is 1.82 bits per heavy atom. The van der Waals surface area contributed by atoms with E-state index in [1.807, 2.05) is 0 Å². The Bertz CT molecular complexity index is 397. The fraction of sp³-hybridized carbons (Fsp3) is 0.500. The summed E-state index contributed by atoms with van der Waals surface area (Å²) in [4.78, 5) is 0. The molecule has 17 heavy (non-hydrogen) atoms. The highest BCUT2D eigenvalue weighted by Crippen LogP contribution is 2.36. The van der Waals surface area contributed by atoms with E-state index >= 15 is 0 Å². The molecule has 0 N–H and O–H groups in total. The van der Waals surface area contributed by atoms with E-state index in [-0.39, 0.29) is 10.9 Å². The first-order valence-electron chi connectivity index (χ1n) is 5.43. The third-order valence-corrected chi connectivity index (χ3v) is 3.32. The Morgan fingerprint density at radius 1 is 1.18 bits per heavy atom. The average Bonchev–Trinajstić information content (AvgIpc) is 2.29. The van der Waals surface area contributed by atoms with Gasteiger partial charge in [0.05, 0.1) is 5.56 Å². The monoisotopic (exact) mass is 264 g/mol. The molecule has 0 bridgehead atoms. The number of benzene rings is 1. The molecule has 5 heteroatoms. The summed E-state index contributed by atoms with van der Waals surface area (Å²) in [7, 11) is 0. The summed E-state index contributed by atoms with van der Waals surface area (Å²) in [5.74, 6) is 0.207. The lowest BCUT2D eigenvalue weighted by atomic mass is 9.91. The summed E-state index contributed by atoms with van der Waals surface area (Å²) < 4.78 is 42.6. The Balaban J connectivity index is 2.25. The van der Waals surface area contributed by atoms with Gasteiger partial charge < -0.3 is 4.74 Å². The molecular formula is C12H12ClF3O. The molecular weight excluding hydrogens is 253 g/mol. The molecule has 1 fully saturated rings. The van der Waals surface area contributed by atoms with Crippen molar-refractivity contribution in [2.45, 2.75) is 24.9 Å². The van der Waals surface area contributed by atoms with E-state index in [0.717, 1.165) is 30.5 Å². The molecule has 0 saturated carbocycles. The predicted molar refractivity (Wildman–Crippen MR) is 59.2 cm³/mol. The van der Waals surface area contributed by atoms with Crippen LogP contribution in [0.15, 0.2) is 18.2 Å². The van der Waals surface area contributed by atoms with E-state index in [2.05, 4.69) is 0 Å². The maximum atomic E-state index is 12.5. The number of alkyl halides is 3. The second kappa shape index (κ2) is 4.86. The van der Waals surface area contributed by atoms with E-state index in [1.54, 1.807) is 0 Å². The number of halogens is 4. The molecule has 0 spiro atoms. The fourth-order valence-corrected chi connectivity index (χ4v) is 2.38. The minimum absolute atomic E-state index is 0.201. The molecule has 1 aliphatic heterocycles. The topological polar surface area (TPSA) is 9.23 Å². The predicted octanol–water partition coefficient (Wildman–Crippen LogP) is 4.25. The van der Waals surface area contributed by atoms with Crippen LogP contribution in [0.4, 0.5) is 13.2 Å². The van der Waals surface area contributed by atoms with Gasteiger partial charge in [-0.1, -0.05) is 17.7 Å². The van der Waals surface area contributed by atoms with Gasteiger partial charge in [0, 0.05) is 18.2 Å². The Labute approximate surface area is 103 Å². The van der Waals surface area contributed by atoms with E-state index < -0.39 is 11.7 Å². The van der Waals surface area contributed by atoms with Crippen molar-refractivity contribution in [1.82, 2.24) is 0 Å². The van der Waals surface area contributed by atoms with Gasteiger partial charge in [0.1, 0.15) is 0 Å². The van der Waals surface area contributed by atoms with Crippen molar-refractivity contribution in [3.05, 3.63) is 34.3 Å². The fourth-order valence-electron chi connectivity index (χ4n) is 2.04. The molecule has 1 aliphatic rings. The maximum absolute atomic E-state index is 12.5. The average molecular weight is 265 g/mol. The summed E-state index contributed by atoms with van der Waals surface area (Å²) in [5.41, 5.74) is 0.0984. The first kappa shape index (κ1) is 12.7. The minimum atomic E-state index is -4.34. The van der Waals surface area contributed by atoms with Gasteiger partial charge in [0.2, 0.25) is 0 Å². The second-order valence-electron chi connectivity index (χ2n) is 4.12. The largest absolute Gasteiger partial charge is 0.416 e. The highest BCUT2D eigenvalue weighted by molar-refractivity contribution is 6.31. The molecule has 0 unspecified atom stereocenters. The van der Waals surface area contributed by atoms with Gasteiger partial charge in [-0.15, -0.1) is 0 Å². The summed E-state index contributed by atoms with van der Waals surface area (Å²) >= 11 is 5.93. The number of hydrogen-bond acceptors (Lipinski definition) is 1. The van der Waals surface area contributed by atoms with Crippen LogP contribution in [0.2, 0.25) is 5.02 Å². The van der Waals surface area contributed by atoms with E-state index in [9.17, 15) is 13.2 Å². The minimum Gasteiger partial charge on any atom is -0.381 e. The van der Waals surface area contributed by atoms with Crippen molar-refractivity contribution in [3.8, 4) is 0 Å². The summed E-state index contributed by atoms with van der Waals surface area (Å²) in [6, 6.07) is 3.59. The van der Waals surface area contributed by atoms with Crippen molar-refractivity contribution in [2.75, 3.05) is 13.2 Å². The molecule has 1 aromatic carbocycles. The quantitative estimate of drug-likeness (QED) is 0.737. The van der Waals surface area contributed by atoms with Crippen LogP contribution in [0, 0.1) is 0 Å². The lowest BCUT2D eigenvalue weighted by Gasteiger charge is -2.23. The second-order valence-corrected chi connectivity index (χ2v) is 4.53. The van der Waals surface area contributed by atoms with E-state index in [1.165, 1.54) is 6.07 Å². The van der Waals surface area contributed by atoms with Crippen LogP contribution in [0.3, 0.4) is 0 Å². The van der Waals surface area contributed by atoms with Crippen LogP contribution in [0.25, 0.3) is 0 Å². The van der Waals surface area contributed by atoms with Crippen LogP contribution < -0.4 is 0 Å². The van der Waals surface area contributed by atoms with Gasteiger partial charge in [-0.25, -0.2) is 0 Å².